The van der Waals surface area contributed by atoms with Gasteiger partial charge in [-0.05, 0) is 24.6 Å². The van der Waals surface area contributed by atoms with Gasteiger partial charge < -0.3 is 15.4 Å². The van der Waals surface area contributed by atoms with Crippen molar-refractivity contribution in [3.63, 3.8) is 0 Å². The van der Waals surface area contributed by atoms with Gasteiger partial charge in [-0.15, -0.1) is 0 Å². The summed E-state index contributed by atoms with van der Waals surface area (Å²) in [5.74, 6) is -0.678. The van der Waals surface area contributed by atoms with E-state index >= 15 is 0 Å². The van der Waals surface area contributed by atoms with Gasteiger partial charge >= 0.3 is 0 Å². The molecule has 0 bridgehead atoms. The Morgan fingerprint density at radius 3 is 2.71 bits per heavy atom. The third kappa shape index (κ3) is 3.42. The fourth-order valence-corrected chi connectivity index (χ4v) is 1.48. The van der Waals surface area contributed by atoms with Crippen LogP contribution in [0.15, 0.2) is 18.2 Å². The van der Waals surface area contributed by atoms with Crippen LogP contribution in [0.2, 0.25) is 0 Å². The number of hydrogen-bond acceptors (Lipinski definition) is 3. The molecule has 1 unspecified atom stereocenters. The second-order valence-electron chi connectivity index (χ2n) is 3.57. The van der Waals surface area contributed by atoms with Gasteiger partial charge in [-0.3, -0.25) is 4.79 Å². The van der Waals surface area contributed by atoms with Gasteiger partial charge in [0.05, 0.1) is 5.69 Å². The van der Waals surface area contributed by atoms with Crippen molar-refractivity contribution in [3.8, 4) is 0 Å². The van der Waals surface area contributed by atoms with Crippen molar-refractivity contribution in [2.24, 2.45) is 0 Å². The van der Waals surface area contributed by atoms with Crippen LogP contribution in [-0.2, 0) is 9.53 Å². The van der Waals surface area contributed by atoms with Crippen molar-refractivity contribution in [1.29, 1.82) is 0 Å². The predicted octanol–water partition coefficient (Wildman–Crippen LogP) is 2.23. The summed E-state index contributed by atoms with van der Waals surface area (Å²) in [6.07, 6.45) is 0.0569. The molecular weight excluding hydrogens is 223 g/mol. The van der Waals surface area contributed by atoms with E-state index in [1.54, 1.807) is 19.2 Å². The number of ether oxygens (including phenoxy) is 1. The minimum Gasteiger partial charge on any atom is -0.386 e. The highest BCUT2D eigenvalue weighted by Gasteiger charge is 2.15. The van der Waals surface area contributed by atoms with Gasteiger partial charge in [0.25, 0.3) is 5.91 Å². The number of benzene rings is 1. The van der Waals surface area contributed by atoms with Gasteiger partial charge in [0.2, 0.25) is 0 Å². The van der Waals surface area contributed by atoms with Crippen LogP contribution in [0.25, 0.3) is 0 Å². The molecule has 1 atom stereocenters. The van der Waals surface area contributed by atoms with E-state index in [4.69, 9.17) is 4.74 Å². The van der Waals surface area contributed by atoms with Gasteiger partial charge in [0.15, 0.2) is 0 Å². The predicted molar refractivity (Wildman–Crippen MR) is 65.7 cm³/mol. The Hall–Kier alpha value is -1.62. The summed E-state index contributed by atoms with van der Waals surface area (Å²) in [7, 11) is 3.10. The monoisotopic (exact) mass is 240 g/mol. The van der Waals surface area contributed by atoms with Crippen LogP contribution in [0.4, 0.5) is 15.8 Å². The number of carbonyl (C=O) groups is 1. The molecule has 1 aromatic rings. The number of rotatable bonds is 5. The van der Waals surface area contributed by atoms with Crippen LogP contribution in [0, 0.1) is 5.82 Å². The first-order valence-corrected chi connectivity index (χ1v) is 5.43. The van der Waals surface area contributed by atoms with Gasteiger partial charge in [0.1, 0.15) is 11.9 Å². The van der Waals surface area contributed by atoms with Crippen molar-refractivity contribution < 1.29 is 13.9 Å². The molecule has 0 radical (unpaired) electrons. The molecule has 0 fully saturated rings. The minimum absolute atomic E-state index is 0.272. The molecule has 1 rings (SSSR count). The molecule has 0 aliphatic carbocycles. The molecule has 0 heterocycles. The Bertz CT molecular complexity index is 392. The van der Waals surface area contributed by atoms with E-state index in [2.05, 4.69) is 10.6 Å². The molecular formula is C12H17FN2O2. The summed E-state index contributed by atoms with van der Waals surface area (Å²) >= 11 is 0. The highest BCUT2D eigenvalue weighted by atomic mass is 19.1. The van der Waals surface area contributed by atoms with E-state index in [1.807, 2.05) is 6.92 Å². The fourth-order valence-electron chi connectivity index (χ4n) is 1.48. The average Bonchev–Trinajstić information content (AvgIpc) is 2.31. The van der Waals surface area contributed by atoms with Crippen molar-refractivity contribution in [2.75, 3.05) is 24.8 Å². The number of nitrogens with one attached hydrogen (secondary N) is 2. The van der Waals surface area contributed by atoms with Crippen molar-refractivity contribution in [2.45, 2.75) is 19.4 Å². The number of anilines is 2. The van der Waals surface area contributed by atoms with Gasteiger partial charge in [-0.25, -0.2) is 4.39 Å². The second kappa shape index (κ2) is 6.20. The van der Waals surface area contributed by atoms with Crippen LogP contribution in [-0.4, -0.2) is 26.2 Å². The van der Waals surface area contributed by atoms with Crippen molar-refractivity contribution >= 4 is 17.3 Å². The number of amides is 1. The van der Waals surface area contributed by atoms with Crippen LogP contribution >= 0.6 is 0 Å². The first-order chi connectivity index (χ1) is 8.12. The molecule has 0 aliphatic rings. The molecule has 5 heteroatoms. The van der Waals surface area contributed by atoms with E-state index < -0.39 is 11.9 Å². The lowest BCUT2D eigenvalue weighted by Crippen LogP contribution is -2.28. The molecule has 0 saturated carbocycles. The molecule has 0 spiro atoms. The summed E-state index contributed by atoms with van der Waals surface area (Å²) < 4.78 is 18.4. The van der Waals surface area contributed by atoms with E-state index in [-0.39, 0.29) is 5.91 Å². The maximum Gasteiger partial charge on any atom is 0.253 e. The molecule has 17 heavy (non-hydrogen) atoms. The van der Waals surface area contributed by atoms with E-state index in [0.717, 1.165) is 0 Å². The van der Waals surface area contributed by atoms with Crippen LogP contribution in [0.1, 0.15) is 13.3 Å². The highest BCUT2D eigenvalue weighted by molar-refractivity contribution is 5.94. The Labute approximate surface area is 100 Å². The van der Waals surface area contributed by atoms with E-state index in [9.17, 15) is 9.18 Å². The largest absolute Gasteiger partial charge is 0.386 e. The molecule has 2 N–H and O–H groups in total. The standard InChI is InChI=1S/C12H17FN2O2/c1-4-11(17-3)12(16)15-8-5-6-10(14-2)9(13)7-8/h5-7,11,14H,4H2,1-3H3,(H,15,16). The first-order valence-electron chi connectivity index (χ1n) is 5.43. The summed E-state index contributed by atoms with van der Waals surface area (Å²) in [5, 5.41) is 5.31. The van der Waals surface area contributed by atoms with Crippen LogP contribution < -0.4 is 10.6 Å². The lowest BCUT2D eigenvalue weighted by atomic mass is 10.2. The summed E-state index contributed by atoms with van der Waals surface area (Å²) in [6, 6.07) is 4.47. The Morgan fingerprint density at radius 1 is 1.53 bits per heavy atom. The number of hydrogen-bond donors (Lipinski definition) is 2. The lowest BCUT2D eigenvalue weighted by molar-refractivity contribution is -0.125. The first kappa shape index (κ1) is 13.4. The third-order valence-electron chi connectivity index (χ3n) is 2.45. The highest BCUT2D eigenvalue weighted by Crippen LogP contribution is 2.18. The summed E-state index contributed by atoms with van der Waals surface area (Å²) in [4.78, 5) is 11.7. The Balaban J connectivity index is 2.75. The normalized spacial score (nSPS) is 12.0. The minimum atomic E-state index is -0.512. The van der Waals surface area contributed by atoms with E-state index in [0.29, 0.717) is 17.8 Å². The van der Waals surface area contributed by atoms with Crippen LogP contribution in [0.5, 0.6) is 0 Å². The average molecular weight is 240 g/mol. The zero-order valence-electron chi connectivity index (χ0n) is 10.2. The topological polar surface area (TPSA) is 50.4 Å². The molecule has 4 nitrogen and oxygen atoms in total. The van der Waals surface area contributed by atoms with Gasteiger partial charge in [0, 0.05) is 19.8 Å². The van der Waals surface area contributed by atoms with Gasteiger partial charge in [-0.2, -0.15) is 0 Å². The molecule has 0 aliphatic heterocycles. The van der Waals surface area contributed by atoms with Crippen molar-refractivity contribution in [3.05, 3.63) is 24.0 Å². The summed E-state index contributed by atoms with van der Waals surface area (Å²) in [6.45, 7) is 1.85. The Kier molecular flexibility index (Phi) is 4.90. The maximum atomic E-state index is 13.4. The molecule has 94 valence electrons. The number of halogens is 1. The summed E-state index contributed by atoms with van der Waals surface area (Å²) in [5.41, 5.74) is 0.809. The molecule has 1 amide bonds. The number of carbonyl (C=O) groups excluding carboxylic acids is 1. The molecule has 0 aromatic heterocycles. The van der Waals surface area contributed by atoms with Crippen LogP contribution in [0.3, 0.4) is 0 Å². The molecule has 1 aromatic carbocycles. The quantitative estimate of drug-likeness (QED) is 0.829. The zero-order chi connectivity index (χ0) is 12.8. The third-order valence-corrected chi connectivity index (χ3v) is 2.45. The lowest BCUT2D eigenvalue weighted by Gasteiger charge is -2.13. The fraction of sp³-hybridized carbons (Fsp3) is 0.417. The number of methoxy groups -OCH3 is 1. The SMILES string of the molecule is CCC(OC)C(=O)Nc1ccc(NC)c(F)c1. The second-order valence-corrected chi connectivity index (χ2v) is 3.57. The Morgan fingerprint density at radius 2 is 2.24 bits per heavy atom. The smallest absolute Gasteiger partial charge is 0.253 e. The van der Waals surface area contributed by atoms with E-state index in [1.165, 1.54) is 13.2 Å². The maximum absolute atomic E-state index is 13.4. The van der Waals surface area contributed by atoms with Crippen molar-refractivity contribution in [1.82, 2.24) is 0 Å². The zero-order valence-corrected chi connectivity index (χ0v) is 10.2. The van der Waals surface area contributed by atoms with Gasteiger partial charge in [-0.1, -0.05) is 6.92 Å². The molecule has 0 saturated heterocycles.